The number of ether oxygens (including phenoxy) is 2. The van der Waals surface area contributed by atoms with Gasteiger partial charge in [0.25, 0.3) is 5.56 Å². The van der Waals surface area contributed by atoms with E-state index in [1.165, 1.54) is 32.9 Å². The summed E-state index contributed by atoms with van der Waals surface area (Å²) in [5.74, 6) is 1.34. The molecule has 7 heteroatoms. The Labute approximate surface area is 210 Å². The lowest BCUT2D eigenvalue weighted by atomic mass is 9.85. The highest BCUT2D eigenvalue weighted by molar-refractivity contribution is 7.10. The molecule has 2 aliphatic rings. The minimum Gasteiger partial charge on any atom is -0.493 e. The van der Waals surface area contributed by atoms with Gasteiger partial charge in [-0.25, -0.2) is 4.99 Å². The predicted molar refractivity (Wildman–Crippen MR) is 141 cm³/mol. The third kappa shape index (κ3) is 3.75. The molecule has 2 aromatic heterocycles. The Kier molecular flexibility index (Phi) is 5.66. The van der Waals surface area contributed by atoms with Gasteiger partial charge in [0.2, 0.25) is 0 Å². The Morgan fingerprint density at radius 2 is 2.00 bits per heavy atom. The average molecular weight is 501 g/mol. The van der Waals surface area contributed by atoms with Crippen molar-refractivity contribution in [2.24, 2.45) is 4.99 Å². The molecule has 0 saturated heterocycles. The highest BCUT2D eigenvalue weighted by Crippen LogP contribution is 2.42. The quantitative estimate of drug-likeness (QED) is 0.396. The molecule has 1 aliphatic heterocycles. The number of fused-ring (bicyclic) bond motifs is 3. The fourth-order valence-corrected chi connectivity index (χ4v) is 6.77. The third-order valence-electron chi connectivity index (χ3n) is 6.47. The van der Waals surface area contributed by atoms with Crippen LogP contribution < -0.4 is 24.4 Å². The van der Waals surface area contributed by atoms with Crippen LogP contribution in [0.15, 0.2) is 75.3 Å². The van der Waals surface area contributed by atoms with Crippen LogP contribution in [-0.4, -0.2) is 18.3 Å². The molecular weight excluding hydrogens is 476 g/mol. The van der Waals surface area contributed by atoms with Gasteiger partial charge in [-0.1, -0.05) is 47.7 Å². The fraction of sp³-hybridized carbons (Fsp3) is 0.214. The van der Waals surface area contributed by atoms with Crippen molar-refractivity contribution in [3.05, 3.63) is 107 Å². The number of hydrogen-bond acceptors (Lipinski definition) is 6. The molecule has 0 N–H and O–H groups in total. The van der Waals surface area contributed by atoms with Gasteiger partial charge in [-0.2, -0.15) is 0 Å². The molecule has 2 aromatic carbocycles. The molecule has 1 aliphatic carbocycles. The Balaban J connectivity index is 1.55. The molecule has 3 heterocycles. The van der Waals surface area contributed by atoms with Crippen LogP contribution in [0.4, 0.5) is 0 Å². The predicted octanol–water partition coefficient (Wildman–Crippen LogP) is 4.79. The zero-order chi connectivity index (χ0) is 23.9. The molecule has 0 spiro atoms. The van der Waals surface area contributed by atoms with E-state index in [4.69, 9.17) is 14.5 Å². The van der Waals surface area contributed by atoms with Crippen molar-refractivity contribution < 1.29 is 9.47 Å². The lowest BCUT2D eigenvalue weighted by Crippen LogP contribution is -2.38. The van der Waals surface area contributed by atoms with Crippen molar-refractivity contribution >= 4 is 34.4 Å². The van der Waals surface area contributed by atoms with Gasteiger partial charge in [0.15, 0.2) is 16.3 Å². The van der Waals surface area contributed by atoms with E-state index in [1.807, 2.05) is 35.8 Å². The van der Waals surface area contributed by atoms with E-state index >= 15 is 0 Å². The Hall–Kier alpha value is -3.42. The minimum absolute atomic E-state index is 0.00888. The molecule has 4 aromatic rings. The van der Waals surface area contributed by atoms with Gasteiger partial charge < -0.3 is 9.47 Å². The van der Waals surface area contributed by atoms with Crippen LogP contribution in [0.25, 0.3) is 11.8 Å². The van der Waals surface area contributed by atoms with Gasteiger partial charge in [-0.3, -0.25) is 9.36 Å². The van der Waals surface area contributed by atoms with E-state index in [9.17, 15) is 4.79 Å². The number of thiophene rings is 1. The molecule has 35 heavy (non-hydrogen) atoms. The van der Waals surface area contributed by atoms with E-state index in [0.29, 0.717) is 22.6 Å². The van der Waals surface area contributed by atoms with Crippen molar-refractivity contribution in [3.63, 3.8) is 0 Å². The molecule has 0 radical (unpaired) electrons. The maximum Gasteiger partial charge on any atom is 0.271 e. The monoisotopic (exact) mass is 500 g/mol. The zero-order valence-corrected chi connectivity index (χ0v) is 21.1. The van der Waals surface area contributed by atoms with Crippen molar-refractivity contribution in [2.45, 2.75) is 25.8 Å². The highest BCUT2D eigenvalue weighted by atomic mass is 32.1. The van der Waals surface area contributed by atoms with Gasteiger partial charge in [0.05, 0.1) is 30.0 Å². The van der Waals surface area contributed by atoms with Crippen molar-refractivity contribution in [3.8, 4) is 11.5 Å². The standard InChI is InChI=1S/C28H24N2O3S2/c1-3-33-21-13-10-17(15-22(21)32-2)16-24-27(31)30-26(23-9-6-14-34-23)20-12-11-18-7-4-5-8-19(18)25(20)29-28(30)35-24/h4-10,13-16,26H,3,11-12H2,1-2H3/b24-16+/t26-/m0/s1. The number of allylic oxidation sites excluding steroid dienone is 1. The summed E-state index contributed by atoms with van der Waals surface area (Å²) >= 11 is 3.13. The molecular formula is C28H24N2O3S2. The van der Waals surface area contributed by atoms with Crippen LogP contribution in [0.3, 0.4) is 0 Å². The second-order valence-corrected chi connectivity index (χ2v) is 10.5. The van der Waals surface area contributed by atoms with E-state index in [2.05, 4.69) is 41.8 Å². The van der Waals surface area contributed by atoms with Gasteiger partial charge in [-0.15, -0.1) is 11.3 Å². The van der Waals surface area contributed by atoms with Crippen LogP contribution in [0, 0.1) is 0 Å². The first-order valence-electron chi connectivity index (χ1n) is 11.6. The number of thiazole rings is 1. The SMILES string of the molecule is CCOc1ccc(/C=c2/sc3n(c2=O)[C@H](c2cccs2)C2=C(N=3)c3ccccc3CC2)cc1OC. The molecule has 0 saturated carbocycles. The van der Waals surface area contributed by atoms with E-state index in [-0.39, 0.29) is 11.6 Å². The molecule has 1 atom stereocenters. The maximum absolute atomic E-state index is 13.8. The highest BCUT2D eigenvalue weighted by Gasteiger charge is 2.32. The normalized spacial score (nSPS) is 16.9. The Bertz CT molecular complexity index is 1630. The zero-order valence-electron chi connectivity index (χ0n) is 19.5. The first-order chi connectivity index (χ1) is 17.2. The van der Waals surface area contributed by atoms with Crippen molar-refractivity contribution in [1.29, 1.82) is 0 Å². The molecule has 0 fully saturated rings. The van der Waals surface area contributed by atoms with Gasteiger partial charge >= 0.3 is 0 Å². The molecule has 0 bridgehead atoms. The average Bonchev–Trinajstić information content (AvgIpc) is 3.52. The topological polar surface area (TPSA) is 52.8 Å². The molecule has 6 rings (SSSR count). The second kappa shape index (κ2) is 8.98. The second-order valence-electron chi connectivity index (χ2n) is 8.47. The van der Waals surface area contributed by atoms with Crippen molar-refractivity contribution in [2.75, 3.05) is 13.7 Å². The first-order valence-corrected chi connectivity index (χ1v) is 13.3. The summed E-state index contributed by atoms with van der Waals surface area (Å²) in [5.41, 5.74) is 5.64. The summed E-state index contributed by atoms with van der Waals surface area (Å²) in [5, 5.41) is 2.08. The number of nitrogens with zero attached hydrogens (tertiary/aromatic N) is 2. The van der Waals surface area contributed by atoms with Gasteiger partial charge in [0, 0.05) is 10.4 Å². The van der Waals surface area contributed by atoms with Crippen LogP contribution in [0.5, 0.6) is 11.5 Å². The Morgan fingerprint density at radius 3 is 2.80 bits per heavy atom. The number of benzene rings is 2. The lowest BCUT2D eigenvalue weighted by Gasteiger charge is -2.30. The summed E-state index contributed by atoms with van der Waals surface area (Å²) in [6.07, 6.45) is 3.78. The largest absolute Gasteiger partial charge is 0.493 e. The van der Waals surface area contributed by atoms with Gasteiger partial charge in [-0.05, 0) is 66.1 Å². The number of aryl methyl sites for hydroxylation is 1. The van der Waals surface area contributed by atoms with E-state index in [0.717, 1.165) is 28.9 Å². The number of rotatable bonds is 5. The fourth-order valence-electron chi connectivity index (χ4n) is 4.92. The van der Waals surface area contributed by atoms with Gasteiger partial charge in [0.1, 0.15) is 0 Å². The number of hydrogen-bond donors (Lipinski definition) is 0. The summed E-state index contributed by atoms with van der Waals surface area (Å²) in [6, 6.07) is 18.3. The number of methoxy groups -OCH3 is 1. The summed E-state index contributed by atoms with van der Waals surface area (Å²) in [6.45, 7) is 2.50. The van der Waals surface area contributed by atoms with Crippen molar-refractivity contribution in [1.82, 2.24) is 4.57 Å². The van der Waals surface area contributed by atoms with Crippen LogP contribution >= 0.6 is 22.7 Å². The summed E-state index contributed by atoms with van der Waals surface area (Å²) in [7, 11) is 1.62. The third-order valence-corrected chi connectivity index (χ3v) is 8.38. The first kappa shape index (κ1) is 22.1. The molecule has 0 amide bonds. The van der Waals surface area contributed by atoms with Crippen LogP contribution in [0.2, 0.25) is 0 Å². The summed E-state index contributed by atoms with van der Waals surface area (Å²) in [4.78, 5) is 20.8. The lowest BCUT2D eigenvalue weighted by molar-refractivity contribution is 0.311. The van der Waals surface area contributed by atoms with E-state index < -0.39 is 0 Å². The maximum atomic E-state index is 13.8. The Morgan fingerprint density at radius 1 is 1.11 bits per heavy atom. The molecule has 176 valence electrons. The van der Waals surface area contributed by atoms with Crippen LogP contribution in [0.1, 0.15) is 41.0 Å². The van der Waals surface area contributed by atoms with E-state index in [1.54, 1.807) is 18.4 Å². The number of aromatic nitrogens is 1. The molecule has 5 nitrogen and oxygen atoms in total. The smallest absolute Gasteiger partial charge is 0.271 e. The van der Waals surface area contributed by atoms with Crippen LogP contribution in [-0.2, 0) is 6.42 Å². The minimum atomic E-state index is -0.119. The summed E-state index contributed by atoms with van der Waals surface area (Å²) < 4.78 is 13.7. The molecule has 0 unspecified atom stereocenters.